The molecule has 1 aromatic carbocycles. The van der Waals surface area contributed by atoms with Gasteiger partial charge in [-0.15, -0.1) is 6.58 Å². The lowest BCUT2D eigenvalue weighted by molar-refractivity contribution is -0.119. The Morgan fingerprint density at radius 1 is 1.17 bits per heavy atom. The Balaban J connectivity index is 3.25. The highest BCUT2D eigenvalue weighted by Gasteiger charge is 2.43. The smallest absolute Gasteiger partial charge is 0.303 e. The summed E-state index contributed by atoms with van der Waals surface area (Å²) >= 11 is 0. The second-order valence-electron chi connectivity index (χ2n) is 5.61. The summed E-state index contributed by atoms with van der Waals surface area (Å²) in [7, 11) is -3.79. The maximum Gasteiger partial charge on any atom is 0.397 e. The van der Waals surface area contributed by atoms with Gasteiger partial charge in [0.2, 0.25) is 5.52 Å². The highest BCUT2D eigenvalue weighted by atomic mass is 31.2. The molecule has 2 atom stereocenters. The minimum atomic E-state index is -3.79. The van der Waals surface area contributed by atoms with Gasteiger partial charge in [-0.2, -0.15) is 0 Å². The summed E-state index contributed by atoms with van der Waals surface area (Å²) in [4.78, 5) is 13.0. The van der Waals surface area contributed by atoms with E-state index >= 15 is 0 Å². The van der Waals surface area contributed by atoms with Crippen LogP contribution in [0, 0.1) is 11.8 Å². The van der Waals surface area contributed by atoms with Crippen LogP contribution >= 0.6 is 7.60 Å². The molecule has 1 rings (SSSR count). The van der Waals surface area contributed by atoms with Crippen molar-refractivity contribution in [3.8, 4) is 0 Å². The summed E-state index contributed by atoms with van der Waals surface area (Å²) in [6, 6.07) is 9.64. The molecule has 0 aliphatic carbocycles. The van der Waals surface area contributed by atoms with Crippen LogP contribution < -0.4 is 0 Å². The van der Waals surface area contributed by atoms with E-state index in [4.69, 9.17) is 9.05 Å². The van der Waals surface area contributed by atoms with E-state index < -0.39 is 19.0 Å². The van der Waals surface area contributed by atoms with Crippen molar-refractivity contribution in [2.75, 3.05) is 13.2 Å². The van der Waals surface area contributed by atoms with Crippen LogP contribution in [0.5, 0.6) is 0 Å². The molecule has 0 aromatic heterocycles. The zero-order valence-corrected chi connectivity index (χ0v) is 15.3. The number of carbonyl (C=O) groups excluding carboxylic acids is 1. The average Bonchev–Trinajstić information content (AvgIpc) is 2.52. The Kier molecular flexibility index (Phi) is 7.90. The lowest BCUT2D eigenvalue weighted by atomic mass is 9.80. The molecule has 0 radical (unpaired) electrons. The zero-order valence-electron chi connectivity index (χ0n) is 14.4. The molecular weight excluding hydrogens is 311 g/mol. The summed E-state index contributed by atoms with van der Waals surface area (Å²) in [5.74, 6) is -0.781. The van der Waals surface area contributed by atoms with Crippen molar-refractivity contribution >= 4 is 13.1 Å². The van der Waals surface area contributed by atoms with Crippen molar-refractivity contribution in [3.05, 3.63) is 48.6 Å². The Labute approximate surface area is 139 Å². The highest BCUT2D eigenvalue weighted by molar-refractivity contribution is 7.71. The van der Waals surface area contributed by atoms with E-state index in [0.29, 0.717) is 0 Å². The number of rotatable bonds is 10. The monoisotopic (exact) mass is 338 g/mol. The Hall–Kier alpha value is -1.22. The largest absolute Gasteiger partial charge is 0.397 e. The predicted molar refractivity (Wildman–Crippen MR) is 93.6 cm³/mol. The Morgan fingerprint density at radius 2 is 1.70 bits per heavy atom. The van der Waals surface area contributed by atoms with Gasteiger partial charge in [0.15, 0.2) is 0 Å². The minimum absolute atomic E-state index is 0.0278. The first kappa shape index (κ1) is 19.8. The fraction of sp³-hybridized carbons (Fsp3) is 0.500. The van der Waals surface area contributed by atoms with E-state index in [-0.39, 0.29) is 25.0 Å². The summed E-state index contributed by atoms with van der Waals surface area (Å²) in [6.07, 6.45) is 1.74. The third kappa shape index (κ3) is 4.87. The molecule has 0 N–H and O–H groups in total. The lowest BCUT2D eigenvalue weighted by Crippen LogP contribution is -2.27. The first-order valence-corrected chi connectivity index (χ1v) is 9.56. The van der Waals surface area contributed by atoms with E-state index in [2.05, 4.69) is 6.58 Å². The van der Waals surface area contributed by atoms with Crippen LogP contribution in [-0.2, 0) is 18.4 Å². The molecule has 0 fully saturated rings. The molecule has 1 aromatic rings. The second kappa shape index (κ2) is 9.17. The van der Waals surface area contributed by atoms with E-state index in [1.807, 2.05) is 44.2 Å². The molecule has 5 heteroatoms. The van der Waals surface area contributed by atoms with Gasteiger partial charge in [-0.1, -0.05) is 50.3 Å². The van der Waals surface area contributed by atoms with Crippen LogP contribution in [0.15, 0.2) is 43.0 Å². The fourth-order valence-corrected chi connectivity index (χ4v) is 4.54. The van der Waals surface area contributed by atoms with Gasteiger partial charge in [0.05, 0.1) is 13.2 Å². The fourth-order valence-electron chi connectivity index (χ4n) is 2.71. The quantitative estimate of drug-likeness (QED) is 0.444. The van der Waals surface area contributed by atoms with Crippen LogP contribution in [0.3, 0.4) is 0 Å². The minimum Gasteiger partial charge on any atom is -0.303 e. The van der Waals surface area contributed by atoms with Gasteiger partial charge >= 0.3 is 7.60 Å². The normalized spacial score (nSPS) is 14.5. The van der Waals surface area contributed by atoms with Crippen LogP contribution in [0.1, 0.15) is 39.2 Å². The standard InChI is InChI=1S/C18H27O4P/c1-6-16(15-12-10-9-11-13-15)17(14(4)5)18(19)23(20,21-7-2)22-8-3/h6,9-14,16-17H,1,7-8H2,2-5H3/t16-,17+/m0/s1. The van der Waals surface area contributed by atoms with Gasteiger partial charge in [0, 0.05) is 11.8 Å². The van der Waals surface area contributed by atoms with Gasteiger partial charge in [-0.05, 0) is 25.3 Å². The third-order valence-corrected chi connectivity index (χ3v) is 5.73. The molecule has 0 spiro atoms. The summed E-state index contributed by atoms with van der Waals surface area (Å²) in [6.45, 7) is 11.5. The third-order valence-electron chi connectivity index (χ3n) is 3.70. The second-order valence-corrected chi connectivity index (χ2v) is 7.57. The van der Waals surface area contributed by atoms with Crippen molar-refractivity contribution in [3.63, 3.8) is 0 Å². The van der Waals surface area contributed by atoms with Crippen molar-refractivity contribution in [1.29, 1.82) is 0 Å². The van der Waals surface area contributed by atoms with Crippen molar-refractivity contribution in [2.45, 2.75) is 33.6 Å². The Morgan fingerprint density at radius 3 is 2.09 bits per heavy atom. The molecule has 4 nitrogen and oxygen atoms in total. The zero-order chi connectivity index (χ0) is 17.5. The molecule has 0 unspecified atom stereocenters. The first-order valence-electron chi connectivity index (χ1n) is 8.02. The molecule has 0 saturated heterocycles. The summed E-state index contributed by atoms with van der Waals surface area (Å²) in [5.41, 5.74) is 0.499. The molecule has 0 heterocycles. The van der Waals surface area contributed by atoms with E-state index in [1.54, 1.807) is 19.9 Å². The molecule has 0 bridgehead atoms. The van der Waals surface area contributed by atoms with Crippen molar-refractivity contribution < 1.29 is 18.4 Å². The average molecular weight is 338 g/mol. The number of hydrogen-bond acceptors (Lipinski definition) is 4. The Bertz CT molecular complexity index is 543. The predicted octanol–water partition coefficient (Wildman–Crippen LogP) is 5.02. The molecular formula is C18H27O4P. The van der Waals surface area contributed by atoms with Crippen LogP contribution in [0.2, 0.25) is 0 Å². The molecule has 0 aliphatic heterocycles. The van der Waals surface area contributed by atoms with E-state index in [0.717, 1.165) is 5.56 Å². The molecule has 23 heavy (non-hydrogen) atoms. The van der Waals surface area contributed by atoms with Gasteiger partial charge in [0.25, 0.3) is 0 Å². The number of allylic oxidation sites excluding steroid dienone is 1. The van der Waals surface area contributed by atoms with Crippen molar-refractivity contribution in [2.24, 2.45) is 11.8 Å². The number of carbonyl (C=O) groups is 1. The van der Waals surface area contributed by atoms with Gasteiger partial charge in [-0.3, -0.25) is 9.36 Å². The molecule has 0 saturated carbocycles. The van der Waals surface area contributed by atoms with Crippen LogP contribution in [-0.4, -0.2) is 18.7 Å². The summed E-state index contributed by atoms with van der Waals surface area (Å²) in [5, 5.41) is 0. The number of benzene rings is 1. The van der Waals surface area contributed by atoms with E-state index in [1.165, 1.54) is 0 Å². The van der Waals surface area contributed by atoms with E-state index in [9.17, 15) is 9.36 Å². The molecule has 128 valence electrons. The topological polar surface area (TPSA) is 52.6 Å². The maximum absolute atomic E-state index is 13.0. The highest BCUT2D eigenvalue weighted by Crippen LogP contribution is 2.54. The van der Waals surface area contributed by atoms with Gasteiger partial charge < -0.3 is 9.05 Å². The van der Waals surface area contributed by atoms with Gasteiger partial charge in [0.1, 0.15) is 0 Å². The van der Waals surface area contributed by atoms with Crippen molar-refractivity contribution in [1.82, 2.24) is 0 Å². The summed E-state index contributed by atoms with van der Waals surface area (Å²) < 4.78 is 23.4. The number of hydrogen-bond donors (Lipinski definition) is 0. The van der Waals surface area contributed by atoms with Gasteiger partial charge in [-0.25, -0.2) is 0 Å². The lowest BCUT2D eigenvalue weighted by Gasteiger charge is -2.29. The van der Waals surface area contributed by atoms with Crippen LogP contribution in [0.25, 0.3) is 0 Å². The SMILES string of the molecule is C=C[C@@H](c1ccccc1)[C@H](C(=O)P(=O)(OCC)OCC)C(C)C. The molecule has 0 aliphatic rings. The molecule has 0 amide bonds. The maximum atomic E-state index is 13.0. The van der Waals surface area contributed by atoms with Crippen LogP contribution in [0.4, 0.5) is 0 Å². The first-order chi connectivity index (χ1) is 10.9.